The molecule has 0 saturated heterocycles. The zero-order valence-electron chi connectivity index (χ0n) is 11.5. The summed E-state index contributed by atoms with van der Waals surface area (Å²) in [5.41, 5.74) is 6.95. The number of aromatic nitrogens is 2. The van der Waals surface area contributed by atoms with Crippen LogP contribution in [-0.2, 0) is 0 Å². The quantitative estimate of drug-likeness (QED) is 0.860. The minimum absolute atomic E-state index is 0.446. The number of hydrogen-bond donors (Lipinski definition) is 2. The van der Waals surface area contributed by atoms with E-state index in [1.54, 1.807) is 33.5 Å². The van der Waals surface area contributed by atoms with Crippen LogP contribution in [0.4, 0.5) is 17.2 Å². The molecule has 0 unspecified atom stereocenters. The van der Waals surface area contributed by atoms with Crippen LogP contribution in [0.5, 0.6) is 17.2 Å². The highest BCUT2D eigenvalue weighted by Gasteiger charge is 2.13. The molecule has 2 aromatic rings. The van der Waals surface area contributed by atoms with Gasteiger partial charge in [-0.1, -0.05) is 0 Å². The maximum absolute atomic E-state index is 5.79. The Kier molecular flexibility index (Phi) is 4.09. The molecule has 0 aliphatic carbocycles. The van der Waals surface area contributed by atoms with E-state index in [2.05, 4.69) is 15.3 Å². The summed E-state index contributed by atoms with van der Waals surface area (Å²) in [6.07, 6.45) is 2.93. The molecular formula is C13H16N4O3. The van der Waals surface area contributed by atoms with Crippen LogP contribution in [0.2, 0.25) is 0 Å². The average molecular weight is 276 g/mol. The molecule has 3 N–H and O–H groups in total. The van der Waals surface area contributed by atoms with Gasteiger partial charge >= 0.3 is 0 Å². The van der Waals surface area contributed by atoms with Crippen molar-refractivity contribution in [3.63, 3.8) is 0 Å². The second-order valence-corrected chi connectivity index (χ2v) is 3.87. The molecule has 0 atom stereocenters. The maximum Gasteiger partial charge on any atom is 0.203 e. The highest BCUT2D eigenvalue weighted by Crippen LogP contribution is 2.40. The lowest BCUT2D eigenvalue weighted by atomic mass is 10.2. The summed E-state index contributed by atoms with van der Waals surface area (Å²) >= 11 is 0. The molecule has 1 aromatic heterocycles. The smallest absolute Gasteiger partial charge is 0.203 e. The zero-order valence-corrected chi connectivity index (χ0v) is 11.5. The van der Waals surface area contributed by atoms with Crippen LogP contribution in [0.3, 0.4) is 0 Å². The molecule has 0 aliphatic rings. The fourth-order valence-corrected chi connectivity index (χ4v) is 1.73. The van der Waals surface area contributed by atoms with Gasteiger partial charge in [0.05, 0.1) is 33.2 Å². The van der Waals surface area contributed by atoms with Crippen molar-refractivity contribution in [1.29, 1.82) is 0 Å². The van der Waals surface area contributed by atoms with Gasteiger partial charge < -0.3 is 25.3 Å². The minimum Gasteiger partial charge on any atom is -0.493 e. The van der Waals surface area contributed by atoms with E-state index in [0.29, 0.717) is 34.4 Å². The van der Waals surface area contributed by atoms with Gasteiger partial charge in [0.2, 0.25) is 5.75 Å². The third-order valence-electron chi connectivity index (χ3n) is 2.67. The first-order valence-electron chi connectivity index (χ1n) is 5.82. The lowest BCUT2D eigenvalue weighted by Gasteiger charge is -2.15. The molecule has 0 amide bonds. The fourth-order valence-electron chi connectivity index (χ4n) is 1.73. The van der Waals surface area contributed by atoms with Crippen molar-refractivity contribution in [2.75, 3.05) is 32.4 Å². The van der Waals surface area contributed by atoms with Crippen molar-refractivity contribution < 1.29 is 14.2 Å². The number of nitrogens with one attached hydrogen (secondary N) is 1. The van der Waals surface area contributed by atoms with Crippen LogP contribution >= 0.6 is 0 Å². The first-order chi connectivity index (χ1) is 9.69. The van der Waals surface area contributed by atoms with Crippen LogP contribution < -0.4 is 25.3 Å². The molecular weight excluding hydrogens is 260 g/mol. The molecule has 0 bridgehead atoms. The third-order valence-corrected chi connectivity index (χ3v) is 2.67. The van der Waals surface area contributed by atoms with Crippen LogP contribution in [0.15, 0.2) is 24.7 Å². The largest absolute Gasteiger partial charge is 0.493 e. The Bertz CT molecular complexity index is 579. The van der Waals surface area contributed by atoms with Crippen LogP contribution in [0.25, 0.3) is 0 Å². The Morgan fingerprint density at radius 3 is 2.20 bits per heavy atom. The number of nitrogens with two attached hydrogens (primary N) is 1. The molecule has 20 heavy (non-hydrogen) atoms. The number of hydrogen-bond acceptors (Lipinski definition) is 7. The molecule has 106 valence electrons. The number of ether oxygens (including phenoxy) is 3. The Labute approximate surface area is 116 Å². The Balaban J connectivity index is 2.40. The number of nitrogen functional groups attached to an aromatic ring is 1. The van der Waals surface area contributed by atoms with E-state index in [9.17, 15) is 0 Å². The highest BCUT2D eigenvalue weighted by atomic mass is 16.5. The summed E-state index contributed by atoms with van der Waals surface area (Å²) < 4.78 is 15.8. The van der Waals surface area contributed by atoms with Gasteiger partial charge in [-0.25, -0.2) is 9.97 Å². The number of rotatable bonds is 5. The zero-order chi connectivity index (χ0) is 14.5. The summed E-state index contributed by atoms with van der Waals surface area (Å²) in [5, 5.41) is 3.08. The van der Waals surface area contributed by atoms with E-state index in [1.165, 1.54) is 12.5 Å². The lowest BCUT2D eigenvalue weighted by Crippen LogP contribution is -2.01. The van der Waals surface area contributed by atoms with Gasteiger partial charge in [-0.2, -0.15) is 0 Å². The molecule has 2 rings (SSSR count). The van der Waals surface area contributed by atoms with Crippen molar-refractivity contribution in [1.82, 2.24) is 9.97 Å². The van der Waals surface area contributed by atoms with Gasteiger partial charge in [-0.15, -0.1) is 0 Å². The second kappa shape index (κ2) is 5.96. The van der Waals surface area contributed by atoms with E-state index >= 15 is 0 Å². The summed E-state index contributed by atoms with van der Waals surface area (Å²) in [7, 11) is 4.66. The molecule has 1 heterocycles. The number of methoxy groups -OCH3 is 3. The van der Waals surface area contributed by atoms with Crippen molar-refractivity contribution in [2.45, 2.75) is 0 Å². The van der Waals surface area contributed by atoms with Crippen LogP contribution in [0.1, 0.15) is 0 Å². The van der Waals surface area contributed by atoms with E-state index in [-0.39, 0.29) is 0 Å². The van der Waals surface area contributed by atoms with Gasteiger partial charge in [0.25, 0.3) is 0 Å². The predicted octanol–water partition coefficient (Wildman–Crippen LogP) is 1.83. The maximum atomic E-state index is 5.79. The third kappa shape index (κ3) is 2.66. The van der Waals surface area contributed by atoms with Crippen molar-refractivity contribution in [3.05, 3.63) is 24.7 Å². The monoisotopic (exact) mass is 276 g/mol. The van der Waals surface area contributed by atoms with Crippen molar-refractivity contribution >= 4 is 17.2 Å². The van der Waals surface area contributed by atoms with Gasteiger partial charge in [-0.3, -0.25) is 0 Å². The van der Waals surface area contributed by atoms with E-state index < -0.39 is 0 Å². The number of benzene rings is 1. The Hall–Kier alpha value is -2.70. The normalized spacial score (nSPS) is 9.95. The molecule has 7 nitrogen and oxygen atoms in total. The molecule has 7 heteroatoms. The summed E-state index contributed by atoms with van der Waals surface area (Å²) in [6.45, 7) is 0. The Morgan fingerprint density at radius 1 is 1.05 bits per heavy atom. The van der Waals surface area contributed by atoms with Gasteiger partial charge in [0.15, 0.2) is 17.3 Å². The molecule has 0 aliphatic heterocycles. The summed E-state index contributed by atoms with van der Waals surface area (Å²) in [6, 6.07) is 3.53. The minimum atomic E-state index is 0.446. The average Bonchev–Trinajstić information content (AvgIpc) is 2.48. The van der Waals surface area contributed by atoms with E-state index in [1.807, 2.05) is 0 Å². The van der Waals surface area contributed by atoms with Crippen LogP contribution in [-0.4, -0.2) is 31.3 Å². The van der Waals surface area contributed by atoms with Gasteiger partial charge in [0, 0.05) is 17.8 Å². The molecule has 0 fully saturated rings. The summed E-state index contributed by atoms with van der Waals surface area (Å²) in [4.78, 5) is 7.90. The van der Waals surface area contributed by atoms with E-state index in [4.69, 9.17) is 19.9 Å². The van der Waals surface area contributed by atoms with Crippen molar-refractivity contribution in [3.8, 4) is 17.2 Å². The first kappa shape index (κ1) is 13.7. The van der Waals surface area contributed by atoms with Gasteiger partial charge in [0.1, 0.15) is 6.33 Å². The molecule has 1 aromatic carbocycles. The standard InChI is InChI=1S/C13H16N4O3/c1-18-10-4-8(5-11(19-2)12(10)20-3)17-13-9(14)6-15-7-16-13/h4-7H,14H2,1-3H3,(H,15,16,17). The number of nitrogens with zero attached hydrogens (tertiary/aromatic N) is 2. The summed E-state index contributed by atoms with van der Waals surface area (Å²) in [5.74, 6) is 2.12. The molecule has 0 saturated carbocycles. The lowest BCUT2D eigenvalue weighted by molar-refractivity contribution is 0.324. The second-order valence-electron chi connectivity index (χ2n) is 3.87. The first-order valence-corrected chi connectivity index (χ1v) is 5.82. The van der Waals surface area contributed by atoms with Crippen LogP contribution in [0, 0.1) is 0 Å². The topological polar surface area (TPSA) is 91.5 Å². The van der Waals surface area contributed by atoms with E-state index in [0.717, 1.165) is 0 Å². The van der Waals surface area contributed by atoms with Gasteiger partial charge in [-0.05, 0) is 0 Å². The SMILES string of the molecule is COc1cc(Nc2ncncc2N)cc(OC)c1OC. The fraction of sp³-hybridized carbons (Fsp3) is 0.231. The Morgan fingerprint density at radius 2 is 1.70 bits per heavy atom. The predicted molar refractivity (Wildman–Crippen MR) is 75.8 cm³/mol. The number of anilines is 3. The molecule has 0 radical (unpaired) electrons. The molecule has 0 spiro atoms. The highest BCUT2D eigenvalue weighted by molar-refractivity contribution is 5.71. The van der Waals surface area contributed by atoms with Crippen molar-refractivity contribution in [2.24, 2.45) is 0 Å².